The minimum absolute atomic E-state index is 0.117. The van der Waals surface area contributed by atoms with Crippen LogP contribution in [0.1, 0.15) is 71.3 Å². The lowest BCUT2D eigenvalue weighted by atomic mass is 9.93. The van der Waals surface area contributed by atoms with E-state index in [9.17, 15) is 19.5 Å². The number of aliphatic hydroxyl groups excluding tert-OH is 1. The number of nitrogens with two attached hydrogens (primary N) is 1. The molecule has 2 amide bonds. The maximum atomic E-state index is 12.3. The number of carboxylic acids is 1. The van der Waals surface area contributed by atoms with Crippen LogP contribution in [0.2, 0.25) is 0 Å². The molecule has 4 atom stereocenters. The van der Waals surface area contributed by atoms with Gasteiger partial charge in [0.2, 0.25) is 11.8 Å². The summed E-state index contributed by atoms with van der Waals surface area (Å²) >= 11 is 0. The molecule has 6 N–H and O–H groups in total. The number of hydrogen-bond acceptors (Lipinski definition) is 6. The third kappa shape index (κ3) is 13.1. The quantitative estimate of drug-likeness (QED) is 0.197. The molecule has 35 heavy (non-hydrogen) atoms. The standard InChI is InChI=1S/C26H43N3O6/c1-4-5-13-28-25(33)18(2)15-23(30)22(29-26(34)19(3)27)17-20-10-9-11-21(16-20)35-14-8-6-7-12-24(31)32/h9-11,16,18-19,22-23,30H,4-8,12-15,17,27H2,1-3H3,(H,28,33)(H,29,34)(H,31,32)/t18-,19+,22+,23+/m1/s1. The third-order valence-corrected chi connectivity index (χ3v) is 5.74. The molecule has 0 unspecified atom stereocenters. The van der Waals surface area contributed by atoms with Gasteiger partial charge in [-0.3, -0.25) is 14.4 Å². The smallest absolute Gasteiger partial charge is 0.303 e. The predicted molar refractivity (Wildman–Crippen MR) is 135 cm³/mol. The summed E-state index contributed by atoms with van der Waals surface area (Å²) in [6, 6.07) is 6.07. The topological polar surface area (TPSA) is 151 Å². The van der Waals surface area contributed by atoms with Crippen LogP contribution in [0.15, 0.2) is 24.3 Å². The number of carbonyl (C=O) groups excluding carboxylic acids is 2. The second kappa shape index (κ2) is 16.9. The molecule has 198 valence electrons. The van der Waals surface area contributed by atoms with Gasteiger partial charge in [0.15, 0.2) is 0 Å². The Morgan fingerprint density at radius 3 is 2.49 bits per heavy atom. The molecule has 9 heteroatoms. The first-order valence-electron chi connectivity index (χ1n) is 12.6. The number of ether oxygens (including phenoxy) is 1. The number of carboxylic acid groups (broad SMARTS) is 1. The molecular formula is C26H43N3O6. The molecule has 1 rings (SSSR count). The first-order chi connectivity index (χ1) is 16.6. The van der Waals surface area contributed by atoms with Crippen molar-refractivity contribution in [1.82, 2.24) is 10.6 Å². The third-order valence-electron chi connectivity index (χ3n) is 5.74. The van der Waals surface area contributed by atoms with Gasteiger partial charge in [0.25, 0.3) is 0 Å². The molecule has 0 heterocycles. The van der Waals surface area contributed by atoms with Gasteiger partial charge in [-0.15, -0.1) is 0 Å². The molecule has 0 aliphatic rings. The van der Waals surface area contributed by atoms with Crippen molar-refractivity contribution in [1.29, 1.82) is 0 Å². The number of unbranched alkanes of at least 4 members (excludes halogenated alkanes) is 3. The van der Waals surface area contributed by atoms with Crippen molar-refractivity contribution in [2.24, 2.45) is 11.7 Å². The molecule has 0 saturated heterocycles. The van der Waals surface area contributed by atoms with E-state index in [-0.39, 0.29) is 24.7 Å². The van der Waals surface area contributed by atoms with Crippen molar-refractivity contribution in [2.75, 3.05) is 13.2 Å². The Balaban J connectivity index is 2.74. The van der Waals surface area contributed by atoms with Crippen molar-refractivity contribution in [3.05, 3.63) is 29.8 Å². The lowest BCUT2D eigenvalue weighted by molar-refractivity contribution is -0.137. The summed E-state index contributed by atoms with van der Waals surface area (Å²) in [5.74, 6) is -1.03. The fraction of sp³-hybridized carbons (Fsp3) is 0.654. The monoisotopic (exact) mass is 493 g/mol. The van der Waals surface area contributed by atoms with E-state index in [0.717, 1.165) is 31.2 Å². The first kappa shape index (κ1) is 30.4. The highest BCUT2D eigenvalue weighted by atomic mass is 16.5. The fourth-order valence-electron chi connectivity index (χ4n) is 3.55. The van der Waals surface area contributed by atoms with E-state index in [1.165, 1.54) is 0 Å². The highest BCUT2D eigenvalue weighted by Gasteiger charge is 2.27. The van der Waals surface area contributed by atoms with Crippen molar-refractivity contribution in [3.63, 3.8) is 0 Å². The number of aliphatic hydroxyl groups is 1. The van der Waals surface area contributed by atoms with E-state index in [1.54, 1.807) is 13.8 Å². The fourth-order valence-corrected chi connectivity index (χ4v) is 3.55. The van der Waals surface area contributed by atoms with Crippen LogP contribution in [0.25, 0.3) is 0 Å². The van der Waals surface area contributed by atoms with E-state index in [1.807, 2.05) is 31.2 Å². The van der Waals surface area contributed by atoms with Gasteiger partial charge in [0.05, 0.1) is 24.8 Å². The van der Waals surface area contributed by atoms with Crippen molar-refractivity contribution >= 4 is 17.8 Å². The molecule has 0 aliphatic heterocycles. The van der Waals surface area contributed by atoms with E-state index in [2.05, 4.69) is 10.6 Å². The number of amides is 2. The Morgan fingerprint density at radius 2 is 1.83 bits per heavy atom. The van der Waals surface area contributed by atoms with Crippen LogP contribution in [-0.4, -0.2) is 59.3 Å². The number of nitrogens with one attached hydrogen (secondary N) is 2. The van der Waals surface area contributed by atoms with Gasteiger partial charge in [-0.2, -0.15) is 0 Å². The summed E-state index contributed by atoms with van der Waals surface area (Å²) in [5, 5.41) is 25.3. The van der Waals surface area contributed by atoms with Crippen LogP contribution in [0.4, 0.5) is 0 Å². The lowest BCUT2D eigenvalue weighted by Crippen LogP contribution is -2.50. The second-order valence-corrected chi connectivity index (χ2v) is 9.16. The zero-order valence-corrected chi connectivity index (χ0v) is 21.3. The number of rotatable bonds is 18. The van der Waals surface area contributed by atoms with E-state index < -0.39 is 30.1 Å². The van der Waals surface area contributed by atoms with E-state index >= 15 is 0 Å². The maximum absolute atomic E-state index is 12.3. The van der Waals surface area contributed by atoms with Crippen molar-refractivity contribution in [2.45, 2.75) is 90.3 Å². The summed E-state index contributed by atoms with van der Waals surface area (Å²) in [4.78, 5) is 35.2. The molecule has 0 aromatic heterocycles. The van der Waals surface area contributed by atoms with Crippen LogP contribution in [0.5, 0.6) is 5.75 Å². The molecule has 9 nitrogen and oxygen atoms in total. The molecular weight excluding hydrogens is 450 g/mol. The van der Waals surface area contributed by atoms with Crippen molar-refractivity contribution < 1.29 is 29.3 Å². The number of hydrogen-bond donors (Lipinski definition) is 5. The molecule has 0 saturated carbocycles. The van der Waals surface area contributed by atoms with Crippen molar-refractivity contribution in [3.8, 4) is 5.75 Å². The lowest BCUT2D eigenvalue weighted by Gasteiger charge is -2.27. The summed E-state index contributed by atoms with van der Waals surface area (Å²) in [6.45, 7) is 6.47. The van der Waals surface area contributed by atoms with Gasteiger partial charge in [0, 0.05) is 18.9 Å². The van der Waals surface area contributed by atoms with Gasteiger partial charge in [-0.25, -0.2) is 0 Å². The zero-order valence-electron chi connectivity index (χ0n) is 21.3. The zero-order chi connectivity index (χ0) is 26.2. The van der Waals surface area contributed by atoms with Gasteiger partial charge >= 0.3 is 5.97 Å². The first-order valence-corrected chi connectivity index (χ1v) is 12.6. The maximum Gasteiger partial charge on any atom is 0.303 e. The molecule has 0 fully saturated rings. The van der Waals surface area contributed by atoms with Crippen LogP contribution in [0.3, 0.4) is 0 Å². The van der Waals surface area contributed by atoms with E-state index in [0.29, 0.717) is 31.7 Å². The summed E-state index contributed by atoms with van der Waals surface area (Å²) in [7, 11) is 0. The largest absolute Gasteiger partial charge is 0.494 e. The number of aliphatic carboxylic acids is 1. The Labute approximate surface area is 208 Å². The molecule has 0 bridgehead atoms. The van der Waals surface area contributed by atoms with Crippen LogP contribution < -0.4 is 21.1 Å². The summed E-state index contributed by atoms with van der Waals surface area (Å²) < 4.78 is 5.79. The average Bonchev–Trinajstić information content (AvgIpc) is 2.80. The Hall–Kier alpha value is -2.65. The molecule has 0 aliphatic carbocycles. The average molecular weight is 494 g/mol. The van der Waals surface area contributed by atoms with Gasteiger partial charge < -0.3 is 31.3 Å². The van der Waals surface area contributed by atoms with Gasteiger partial charge in [-0.1, -0.05) is 32.4 Å². The second-order valence-electron chi connectivity index (χ2n) is 9.16. The molecule has 0 spiro atoms. The predicted octanol–water partition coefficient (Wildman–Crippen LogP) is 2.39. The van der Waals surface area contributed by atoms with Crippen LogP contribution in [-0.2, 0) is 20.8 Å². The number of carbonyl (C=O) groups is 3. The SMILES string of the molecule is CCCCNC(=O)[C@H](C)C[C@H](O)[C@H](Cc1cccc(OCCCCCC(=O)O)c1)NC(=O)[C@H](C)N. The van der Waals surface area contributed by atoms with Gasteiger partial charge in [-0.05, 0) is 63.1 Å². The Morgan fingerprint density at radius 1 is 1.09 bits per heavy atom. The Kier molecular flexibility index (Phi) is 14.7. The number of benzene rings is 1. The van der Waals surface area contributed by atoms with Crippen LogP contribution >= 0.6 is 0 Å². The minimum Gasteiger partial charge on any atom is -0.494 e. The van der Waals surface area contributed by atoms with Crippen LogP contribution in [0, 0.1) is 5.92 Å². The summed E-state index contributed by atoms with van der Waals surface area (Å²) in [5.41, 5.74) is 6.58. The molecule has 0 radical (unpaired) electrons. The molecule has 1 aromatic carbocycles. The molecule has 1 aromatic rings. The van der Waals surface area contributed by atoms with Gasteiger partial charge in [0.1, 0.15) is 5.75 Å². The van der Waals surface area contributed by atoms with E-state index in [4.69, 9.17) is 15.6 Å². The highest BCUT2D eigenvalue weighted by molar-refractivity contribution is 5.81. The summed E-state index contributed by atoms with van der Waals surface area (Å²) in [6.07, 6.45) is 3.79. The minimum atomic E-state index is -0.941. The normalized spacial score (nSPS) is 14.4. The Bertz CT molecular complexity index is 786. The highest BCUT2D eigenvalue weighted by Crippen LogP contribution is 2.19.